The van der Waals surface area contributed by atoms with Crippen LogP contribution in [0.25, 0.3) is 0 Å². The highest BCUT2D eigenvalue weighted by Crippen LogP contribution is 2.41. The Morgan fingerprint density at radius 3 is 2.50 bits per heavy atom. The molecule has 3 atom stereocenters. The average Bonchev–Trinajstić information content (AvgIpc) is 2.24. The summed E-state index contributed by atoms with van der Waals surface area (Å²) >= 11 is 0. The van der Waals surface area contributed by atoms with Crippen LogP contribution in [-0.4, -0.2) is 34.2 Å². The third-order valence-corrected chi connectivity index (χ3v) is 3.84. The van der Waals surface area contributed by atoms with Crippen molar-refractivity contribution in [3.05, 3.63) is 0 Å². The van der Waals surface area contributed by atoms with Gasteiger partial charge in [-0.05, 0) is 30.6 Å². The minimum absolute atomic E-state index is 0.109. The fraction of sp³-hybridized carbons (Fsp3) is 0.846. The largest absolute Gasteiger partial charge is 0.480 e. The van der Waals surface area contributed by atoms with Crippen LogP contribution in [-0.2, 0) is 9.59 Å². The van der Waals surface area contributed by atoms with Crippen molar-refractivity contribution in [2.45, 2.75) is 45.6 Å². The number of carbonyl (C=O) groups is 2. The molecule has 0 aliphatic heterocycles. The topological polar surface area (TPSA) is 86.6 Å². The molecular formula is C13H23NO4. The molecule has 0 bridgehead atoms. The van der Waals surface area contributed by atoms with Gasteiger partial charge in [0.15, 0.2) is 0 Å². The van der Waals surface area contributed by atoms with E-state index in [0.717, 1.165) is 12.8 Å². The van der Waals surface area contributed by atoms with Crippen molar-refractivity contribution in [2.75, 3.05) is 6.54 Å². The molecule has 0 radical (unpaired) electrons. The van der Waals surface area contributed by atoms with Crippen LogP contribution in [0.5, 0.6) is 0 Å². The van der Waals surface area contributed by atoms with E-state index in [1.54, 1.807) is 0 Å². The van der Waals surface area contributed by atoms with Crippen LogP contribution >= 0.6 is 0 Å². The summed E-state index contributed by atoms with van der Waals surface area (Å²) in [4.78, 5) is 22.5. The molecule has 1 aliphatic rings. The fourth-order valence-corrected chi connectivity index (χ4v) is 2.94. The van der Waals surface area contributed by atoms with Gasteiger partial charge in [-0.1, -0.05) is 27.2 Å². The maximum atomic E-state index is 12.1. The monoisotopic (exact) mass is 257 g/mol. The van der Waals surface area contributed by atoms with Gasteiger partial charge in [0.05, 0.1) is 0 Å². The van der Waals surface area contributed by atoms with Crippen molar-refractivity contribution in [2.24, 2.45) is 17.8 Å². The second kappa shape index (κ2) is 5.69. The lowest BCUT2D eigenvalue weighted by Gasteiger charge is -2.43. The zero-order valence-electron chi connectivity index (χ0n) is 11.3. The van der Waals surface area contributed by atoms with Gasteiger partial charge in [-0.15, -0.1) is 0 Å². The van der Waals surface area contributed by atoms with Gasteiger partial charge in [0.2, 0.25) is 0 Å². The number of hydrogen-bond donors (Lipinski definition) is 3. The summed E-state index contributed by atoms with van der Waals surface area (Å²) < 4.78 is 0. The van der Waals surface area contributed by atoms with Crippen molar-refractivity contribution in [1.29, 1.82) is 0 Å². The zero-order chi connectivity index (χ0) is 13.9. The highest BCUT2D eigenvalue weighted by molar-refractivity contribution is 5.88. The second-order valence-corrected chi connectivity index (χ2v) is 5.74. The minimum Gasteiger partial charge on any atom is -0.480 e. The fourth-order valence-electron chi connectivity index (χ4n) is 2.94. The smallest absolute Gasteiger partial charge is 0.322 e. The van der Waals surface area contributed by atoms with Crippen LogP contribution in [0.15, 0.2) is 0 Å². The first-order chi connectivity index (χ1) is 8.27. The highest BCUT2D eigenvalue weighted by atomic mass is 16.4. The summed E-state index contributed by atoms with van der Waals surface area (Å²) in [5.74, 6) is -1.28. The van der Waals surface area contributed by atoms with E-state index in [-0.39, 0.29) is 17.8 Å². The molecule has 5 nitrogen and oxygen atoms in total. The predicted molar refractivity (Wildman–Crippen MR) is 66.9 cm³/mol. The number of carbonyl (C=O) groups excluding carboxylic acids is 1. The molecule has 1 aliphatic carbocycles. The molecule has 3 N–H and O–H groups in total. The molecule has 1 amide bonds. The number of aliphatic carboxylic acids is 1. The Morgan fingerprint density at radius 1 is 1.39 bits per heavy atom. The molecule has 18 heavy (non-hydrogen) atoms. The Kier molecular flexibility index (Phi) is 4.73. The van der Waals surface area contributed by atoms with Gasteiger partial charge in [-0.2, -0.15) is 0 Å². The number of carboxylic acid groups (broad SMARTS) is 1. The van der Waals surface area contributed by atoms with E-state index in [1.807, 2.05) is 20.8 Å². The van der Waals surface area contributed by atoms with E-state index in [1.165, 1.54) is 0 Å². The first-order valence-corrected chi connectivity index (χ1v) is 6.49. The lowest BCUT2D eigenvalue weighted by Crippen LogP contribution is -2.56. The molecule has 0 heterocycles. The van der Waals surface area contributed by atoms with E-state index in [4.69, 9.17) is 5.11 Å². The Bertz CT molecular complexity index is 329. The molecule has 0 aromatic rings. The molecule has 0 aromatic carbocycles. The van der Waals surface area contributed by atoms with Crippen LogP contribution in [0.4, 0.5) is 0 Å². The lowest BCUT2D eigenvalue weighted by atomic mass is 9.66. The number of amides is 1. The third-order valence-electron chi connectivity index (χ3n) is 3.84. The molecular weight excluding hydrogens is 234 g/mol. The predicted octanol–water partition coefficient (Wildman–Crippen LogP) is 1.01. The first-order valence-electron chi connectivity index (χ1n) is 6.49. The van der Waals surface area contributed by atoms with E-state index in [9.17, 15) is 14.7 Å². The number of rotatable bonds is 4. The van der Waals surface area contributed by atoms with Gasteiger partial charge in [0.1, 0.15) is 12.1 Å². The van der Waals surface area contributed by atoms with Gasteiger partial charge >= 0.3 is 5.97 Å². The van der Waals surface area contributed by atoms with E-state index >= 15 is 0 Å². The molecule has 5 heteroatoms. The van der Waals surface area contributed by atoms with Gasteiger partial charge in [-0.3, -0.25) is 9.59 Å². The van der Waals surface area contributed by atoms with E-state index < -0.39 is 24.0 Å². The molecule has 0 spiro atoms. The highest BCUT2D eigenvalue weighted by Gasteiger charge is 2.48. The maximum absolute atomic E-state index is 12.1. The number of hydrogen-bond acceptors (Lipinski definition) is 3. The van der Waals surface area contributed by atoms with Gasteiger partial charge in [-0.25, -0.2) is 0 Å². The maximum Gasteiger partial charge on any atom is 0.322 e. The first kappa shape index (κ1) is 15.0. The summed E-state index contributed by atoms with van der Waals surface area (Å²) in [6, 6.07) is 0. The normalized spacial score (nSPS) is 32.3. The summed E-state index contributed by atoms with van der Waals surface area (Å²) in [5, 5.41) is 21.5. The quantitative estimate of drug-likeness (QED) is 0.701. The van der Waals surface area contributed by atoms with Crippen molar-refractivity contribution in [3.8, 4) is 0 Å². The van der Waals surface area contributed by atoms with E-state index in [2.05, 4.69) is 5.32 Å². The average molecular weight is 257 g/mol. The number of nitrogens with one attached hydrogen (secondary N) is 1. The van der Waals surface area contributed by atoms with Crippen LogP contribution in [0.1, 0.15) is 40.0 Å². The van der Waals surface area contributed by atoms with Crippen LogP contribution in [0.3, 0.4) is 0 Å². The summed E-state index contributed by atoms with van der Waals surface area (Å²) in [6.45, 7) is 5.53. The van der Waals surface area contributed by atoms with Gasteiger partial charge in [0, 0.05) is 0 Å². The van der Waals surface area contributed by atoms with Crippen molar-refractivity contribution < 1.29 is 19.8 Å². The van der Waals surface area contributed by atoms with Crippen LogP contribution in [0.2, 0.25) is 0 Å². The third kappa shape index (κ3) is 3.22. The van der Waals surface area contributed by atoms with Crippen LogP contribution in [0, 0.1) is 17.8 Å². The summed E-state index contributed by atoms with van der Waals surface area (Å²) in [5.41, 5.74) is -1.43. The summed E-state index contributed by atoms with van der Waals surface area (Å²) in [6.07, 6.45) is 2.20. The molecule has 1 saturated carbocycles. The molecule has 0 unspecified atom stereocenters. The zero-order valence-corrected chi connectivity index (χ0v) is 11.3. The minimum atomic E-state index is -1.43. The Morgan fingerprint density at radius 2 is 2.00 bits per heavy atom. The Labute approximate surface area is 108 Å². The standard InChI is InChI=1S/C13H23NO4/c1-8(2)10-5-4-9(3)6-13(10,18)12(17)14-7-11(15)16/h8-10,18H,4-7H2,1-3H3,(H,14,17)(H,15,16)/t9-,10+,13+/m1/s1. The van der Waals surface area contributed by atoms with Gasteiger partial charge < -0.3 is 15.5 Å². The van der Waals surface area contributed by atoms with Crippen molar-refractivity contribution >= 4 is 11.9 Å². The summed E-state index contributed by atoms with van der Waals surface area (Å²) in [7, 11) is 0. The molecule has 104 valence electrons. The molecule has 1 fully saturated rings. The van der Waals surface area contributed by atoms with E-state index in [0.29, 0.717) is 6.42 Å². The number of carboxylic acids is 1. The Hall–Kier alpha value is -1.10. The molecule has 0 saturated heterocycles. The molecule has 1 rings (SSSR count). The van der Waals surface area contributed by atoms with Crippen molar-refractivity contribution in [3.63, 3.8) is 0 Å². The lowest BCUT2D eigenvalue weighted by molar-refractivity contribution is -0.157. The second-order valence-electron chi connectivity index (χ2n) is 5.74. The SMILES string of the molecule is CC(C)[C@@H]1CC[C@@H](C)C[C@@]1(O)C(=O)NCC(=O)O. The van der Waals surface area contributed by atoms with Gasteiger partial charge in [0.25, 0.3) is 5.91 Å². The molecule has 0 aromatic heterocycles. The van der Waals surface area contributed by atoms with Crippen LogP contribution < -0.4 is 5.32 Å². The number of aliphatic hydroxyl groups is 1. The van der Waals surface area contributed by atoms with Crippen molar-refractivity contribution in [1.82, 2.24) is 5.32 Å². The Balaban J connectivity index is 2.82.